The third kappa shape index (κ3) is 2.71. The van der Waals surface area contributed by atoms with Gasteiger partial charge < -0.3 is 10.3 Å². The van der Waals surface area contributed by atoms with Crippen molar-refractivity contribution >= 4 is 5.82 Å². The number of hydrogen-bond donors (Lipinski definition) is 2. The molecular weight excluding hydrogens is 240 g/mol. The minimum absolute atomic E-state index is 0.533. The van der Waals surface area contributed by atoms with Crippen LogP contribution in [0.1, 0.15) is 36.4 Å². The summed E-state index contributed by atoms with van der Waals surface area (Å²) in [7, 11) is 0. The molecule has 0 spiro atoms. The first-order chi connectivity index (χ1) is 9.30. The van der Waals surface area contributed by atoms with E-state index in [2.05, 4.69) is 31.6 Å². The number of rotatable bonds is 5. The van der Waals surface area contributed by atoms with E-state index in [1.165, 1.54) is 0 Å². The number of aryl methyl sites for hydroxylation is 1. The summed E-state index contributed by atoms with van der Waals surface area (Å²) in [5.74, 6) is 0.533. The Kier molecular flexibility index (Phi) is 4.08. The van der Waals surface area contributed by atoms with Gasteiger partial charge in [0.25, 0.3) is 0 Å². The molecule has 2 rings (SSSR count). The molecule has 0 aliphatic heterocycles. The highest BCUT2D eigenvalue weighted by atomic mass is 15.2. The zero-order valence-electron chi connectivity index (χ0n) is 11.1. The second kappa shape index (κ2) is 5.96. The van der Waals surface area contributed by atoms with Crippen molar-refractivity contribution in [2.75, 3.05) is 5.32 Å². The highest BCUT2D eigenvalue weighted by Gasteiger charge is 2.13. The Morgan fingerprint density at radius 2 is 2.16 bits per heavy atom. The lowest BCUT2D eigenvalue weighted by atomic mass is 10.0. The molecule has 0 atom stereocenters. The van der Waals surface area contributed by atoms with Crippen LogP contribution in [0.3, 0.4) is 0 Å². The van der Waals surface area contributed by atoms with Crippen LogP contribution < -0.4 is 5.32 Å². The van der Waals surface area contributed by atoms with Gasteiger partial charge in [0.1, 0.15) is 11.6 Å². The molecule has 0 aromatic carbocycles. The van der Waals surface area contributed by atoms with Crippen molar-refractivity contribution in [3.05, 3.63) is 35.0 Å². The molecule has 98 valence electrons. The molecule has 6 heteroatoms. The van der Waals surface area contributed by atoms with Crippen LogP contribution in [-0.2, 0) is 19.4 Å². The van der Waals surface area contributed by atoms with Gasteiger partial charge in [-0.25, -0.2) is 4.98 Å². The highest BCUT2D eigenvalue weighted by molar-refractivity contribution is 5.56. The van der Waals surface area contributed by atoms with Gasteiger partial charge >= 0.3 is 0 Å². The molecule has 6 nitrogen and oxygen atoms in total. The maximum atomic E-state index is 9.33. The fourth-order valence-electron chi connectivity index (χ4n) is 1.98. The van der Waals surface area contributed by atoms with E-state index in [0.717, 1.165) is 29.8 Å². The first-order valence-corrected chi connectivity index (χ1v) is 6.29. The summed E-state index contributed by atoms with van der Waals surface area (Å²) in [6.45, 7) is 4.58. The van der Waals surface area contributed by atoms with E-state index in [-0.39, 0.29) is 0 Å². The summed E-state index contributed by atoms with van der Waals surface area (Å²) in [5, 5.41) is 20.8. The fraction of sp³-hybridized carbons (Fsp3) is 0.385. The van der Waals surface area contributed by atoms with Crippen LogP contribution in [0.25, 0.3) is 0 Å². The molecule has 0 saturated carbocycles. The Hall–Kier alpha value is -2.42. The lowest BCUT2D eigenvalue weighted by molar-refractivity contribution is 0.867. The lowest BCUT2D eigenvalue weighted by Gasteiger charge is -2.11. The molecule has 0 radical (unpaired) electrons. The van der Waals surface area contributed by atoms with Crippen LogP contribution in [0, 0.1) is 11.3 Å². The molecule has 19 heavy (non-hydrogen) atoms. The molecule has 0 fully saturated rings. The Bertz CT molecular complexity index is 582. The van der Waals surface area contributed by atoms with Crippen LogP contribution >= 0.6 is 0 Å². The molecular formula is C13H16N6. The Morgan fingerprint density at radius 1 is 1.32 bits per heavy atom. The monoisotopic (exact) mass is 256 g/mol. The number of anilines is 1. The molecule has 0 amide bonds. The number of aromatic amines is 1. The molecule has 2 heterocycles. The van der Waals surface area contributed by atoms with Crippen molar-refractivity contribution in [2.45, 2.75) is 33.2 Å². The maximum absolute atomic E-state index is 9.33. The standard InChI is InChI=1S/C13H16N6/c1-3-10-11(5-14)13(19-18-12(10)4-2)16-7-9-6-15-8-17-9/h6,8H,3-4,7H2,1-2H3,(H,15,17)(H,16,19). The van der Waals surface area contributed by atoms with Crippen molar-refractivity contribution in [2.24, 2.45) is 0 Å². The van der Waals surface area contributed by atoms with E-state index in [0.29, 0.717) is 17.9 Å². The summed E-state index contributed by atoms with van der Waals surface area (Å²) < 4.78 is 0. The third-order valence-electron chi connectivity index (χ3n) is 2.96. The van der Waals surface area contributed by atoms with E-state index in [4.69, 9.17) is 0 Å². The summed E-state index contributed by atoms with van der Waals surface area (Å²) in [4.78, 5) is 6.93. The molecule has 0 aliphatic carbocycles. The van der Waals surface area contributed by atoms with Gasteiger partial charge in [0.05, 0.1) is 24.3 Å². The molecule has 0 unspecified atom stereocenters. The largest absolute Gasteiger partial charge is 0.362 e. The second-order valence-electron chi connectivity index (χ2n) is 4.10. The zero-order valence-corrected chi connectivity index (χ0v) is 11.1. The predicted molar refractivity (Wildman–Crippen MR) is 71.4 cm³/mol. The Labute approximate surface area is 111 Å². The highest BCUT2D eigenvalue weighted by Crippen LogP contribution is 2.20. The number of H-pyrrole nitrogens is 1. The van der Waals surface area contributed by atoms with Crippen molar-refractivity contribution in [1.29, 1.82) is 5.26 Å². The lowest BCUT2D eigenvalue weighted by Crippen LogP contribution is -2.10. The van der Waals surface area contributed by atoms with Crippen LogP contribution in [0.2, 0.25) is 0 Å². The van der Waals surface area contributed by atoms with Crippen molar-refractivity contribution in [3.8, 4) is 6.07 Å². The molecule has 0 bridgehead atoms. The minimum Gasteiger partial charge on any atom is -0.362 e. The topological polar surface area (TPSA) is 90.3 Å². The SMILES string of the molecule is CCc1nnc(NCc2cnc[nH]2)c(C#N)c1CC. The van der Waals surface area contributed by atoms with Gasteiger partial charge in [0, 0.05) is 6.20 Å². The molecule has 2 aromatic rings. The van der Waals surface area contributed by atoms with Crippen molar-refractivity contribution in [1.82, 2.24) is 20.2 Å². The Balaban J connectivity index is 2.28. The van der Waals surface area contributed by atoms with Gasteiger partial charge in [0.15, 0.2) is 5.82 Å². The molecule has 0 saturated heterocycles. The van der Waals surface area contributed by atoms with Gasteiger partial charge in [-0.15, -0.1) is 5.10 Å². The van der Waals surface area contributed by atoms with Crippen molar-refractivity contribution < 1.29 is 0 Å². The van der Waals surface area contributed by atoms with Gasteiger partial charge in [-0.2, -0.15) is 10.4 Å². The Morgan fingerprint density at radius 3 is 2.74 bits per heavy atom. The van der Waals surface area contributed by atoms with Crippen molar-refractivity contribution in [3.63, 3.8) is 0 Å². The van der Waals surface area contributed by atoms with E-state index < -0.39 is 0 Å². The van der Waals surface area contributed by atoms with E-state index in [1.807, 2.05) is 13.8 Å². The predicted octanol–water partition coefficient (Wildman–Crippen LogP) is 1.81. The summed E-state index contributed by atoms with van der Waals surface area (Å²) in [6.07, 6.45) is 4.91. The first-order valence-electron chi connectivity index (χ1n) is 6.29. The zero-order chi connectivity index (χ0) is 13.7. The molecule has 2 aromatic heterocycles. The average molecular weight is 256 g/mol. The van der Waals surface area contributed by atoms with Gasteiger partial charge in [0.2, 0.25) is 0 Å². The van der Waals surface area contributed by atoms with E-state index >= 15 is 0 Å². The minimum atomic E-state index is 0.533. The number of nitriles is 1. The van der Waals surface area contributed by atoms with Gasteiger partial charge in [-0.3, -0.25) is 0 Å². The van der Waals surface area contributed by atoms with Crippen LogP contribution in [-0.4, -0.2) is 20.2 Å². The normalized spacial score (nSPS) is 10.2. The van der Waals surface area contributed by atoms with Crippen LogP contribution in [0.15, 0.2) is 12.5 Å². The molecule has 0 aliphatic rings. The summed E-state index contributed by atoms with van der Waals surface area (Å²) in [6, 6.07) is 2.23. The number of hydrogen-bond acceptors (Lipinski definition) is 5. The average Bonchev–Trinajstić information content (AvgIpc) is 2.96. The summed E-state index contributed by atoms with van der Waals surface area (Å²) in [5.41, 5.74) is 3.40. The van der Waals surface area contributed by atoms with Gasteiger partial charge in [-0.05, 0) is 18.4 Å². The van der Waals surface area contributed by atoms with Crippen LogP contribution in [0.4, 0.5) is 5.82 Å². The summed E-state index contributed by atoms with van der Waals surface area (Å²) >= 11 is 0. The number of imidazole rings is 1. The molecule has 2 N–H and O–H groups in total. The smallest absolute Gasteiger partial charge is 0.167 e. The maximum Gasteiger partial charge on any atom is 0.167 e. The van der Waals surface area contributed by atoms with Gasteiger partial charge in [-0.1, -0.05) is 13.8 Å². The number of nitrogens with one attached hydrogen (secondary N) is 2. The van der Waals surface area contributed by atoms with Crippen LogP contribution in [0.5, 0.6) is 0 Å². The number of nitrogens with zero attached hydrogens (tertiary/aromatic N) is 4. The van der Waals surface area contributed by atoms with E-state index in [1.54, 1.807) is 12.5 Å². The third-order valence-corrected chi connectivity index (χ3v) is 2.96. The second-order valence-corrected chi connectivity index (χ2v) is 4.10. The quantitative estimate of drug-likeness (QED) is 0.851. The number of aromatic nitrogens is 4. The fourth-order valence-corrected chi connectivity index (χ4v) is 1.98. The van der Waals surface area contributed by atoms with E-state index in [9.17, 15) is 5.26 Å². The first kappa shape index (κ1) is 13.0.